The standard InChI is InChI=1S/C19H8F12N2O/c20-16(21,22)13(34)9-1-3-10(4-2-9)14(17(23,24)25,18(26,27)28)11-5-7-12(8-6-11)15(32-33-15)19(29,30)31/h1-8H. The molecule has 0 aliphatic carbocycles. The van der Waals surface area contributed by atoms with Gasteiger partial charge in [-0.05, 0) is 11.1 Å². The van der Waals surface area contributed by atoms with Gasteiger partial charge in [0.15, 0.2) is 0 Å². The summed E-state index contributed by atoms with van der Waals surface area (Å²) in [6.07, 6.45) is -22.8. The summed E-state index contributed by atoms with van der Waals surface area (Å²) in [6, 6.07) is 1.39. The molecule has 2 aromatic carbocycles. The first-order valence-electron chi connectivity index (χ1n) is 8.76. The van der Waals surface area contributed by atoms with Crippen molar-refractivity contribution in [2.24, 2.45) is 10.2 Å². The number of hydrogen-bond donors (Lipinski definition) is 0. The highest BCUT2D eigenvalue weighted by Crippen LogP contribution is 2.57. The smallest absolute Gasteiger partial charge is 0.284 e. The second-order valence-electron chi connectivity index (χ2n) is 7.10. The number of benzene rings is 2. The number of ketones is 1. The fourth-order valence-electron chi connectivity index (χ4n) is 3.41. The summed E-state index contributed by atoms with van der Waals surface area (Å²) in [6.45, 7) is 0. The van der Waals surface area contributed by atoms with Crippen LogP contribution in [0.15, 0.2) is 58.8 Å². The molecule has 0 aromatic heterocycles. The minimum absolute atomic E-state index is 0.0522. The molecule has 0 saturated heterocycles. The lowest BCUT2D eigenvalue weighted by Crippen LogP contribution is -2.54. The van der Waals surface area contributed by atoms with Gasteiger partial charge in [-0.3, -0.25) is 4.79 Å². The maximum absolute atomic E-state index is 14.0. The van der Waals surface area contributed by atoms with Crippen LogP contribution in [0.4, 0.5) is 52.7 Å². The van der Waals surface area contributed by atoms with Crippen LogP contribution in [0.25, 0.3) is 0 Å². The third kappa shape index (κ3) is 3.79. The second kappa shape index (κ2) is 7.43. The van der Waals surface area contributed by atoms with E-state index in [1.54, 1.807) is 0 Å². The van der Waals surface area contributed by atoms with Gasteiger partial charge < -0.3 is 0 Å². The molecule has 184 valence electrons. The highest BCUT2D eigenvalue weighted by atomic mass is 19.4. The number of alkyl halides is 12. The van der Waals surface area contributed by atoms with E-state index in [9.17, 15) is 57.5 Å². The Labute approximate surface area is 181 Å². The normalized spacial score (nSPS) is 16.5. The zero-order valence-corrected chi connectivity index (χ0v) is 16.0. The van der Waals surface area contributed by atoms with E-state index < -0.39 is 63.8 Å². The summed E-state index contributed by atoms with van der Waals surface area (Å²) in [5, 5.41) is 5.60. The van der Waals surface area contributed by atoms with Crippen molar-refractivity contribution < 1.29 is 57.5 Å². The predicted octanol–water partition coefficient (Wildman–Crippen LogP) is 7.02. The molecular weight excluding hydrogens is 500 g/mol. The van der Waals surface area contributed by atoms with E-state index in [0.29, 0.717) is 12.1 Å². The van der Waals surface area contributed by atoms with Gasteiger partial charge in [-0.25, -0.2) is 0 Å². The molecule has 0 spiro atoms. The fourth-order valence-corrected chi connectivity index (χ4v) is 3.41. The first kappa shape index (κ1) is 25.5. The van der Waals surface area contributed by atoms with Crippen LogP contribution in [0, 0.1) is 0 Å². The van der Waals surface area contributed by atoms with Crippen LogP contribution in [-0.2, 0) is 11.1 Å². The van der Waals surface area contributed by atoms with Crippen LogP contribution in [0.2, 0.25) is 0 Å². The summed E-state index contributed by atoms with van der Waals surface area (Å²) in [7, 11) is 0. The number of Topliss-reactive ketones (excluding diaryl/α,β-unsaturated/α-hetero) is 1. The lowest BCUT2D eigenvalue weighted by Gasteiger charge is -2.38. The molecule has 15 heteroatoms. The first-order valence-corrected chi connectivity index (χ1v) is 8.76. The van der Waals surface area contributed by atoms with Crippen LogP contribution >= 0.6 is 0 Å². The van der Waals surface area contributed by atoms with Crippen molar-refractivity contribution in [2.45, 2.75) is 35.8 Å². The molecule has 0 amide bonds. The molecule has 0 unspecified atom stereocenters. The van der Waals surface area contributed by atoms with Gasteiger partial charge in [0.25, 0.3) is 5.78 Å². The molecule has 0 N–H and O–H groups in total. The van der Waals surface area contributed by atoms with E-state index >= 15 is 0 Å². The van der Waals surface area contributed by atoms with Gasteiger partial charge in [0.2, 0.25) is 5.41 Å². The van der Waals surface area contributed by atoms with Crippen LogP contribution in [0.1, 0.15) is 27.0 Å². The molecule has 1 heterocycles. The fraction of sp³-hybridized carbons (Fsp3) is 0.316. The molecule has 2 aromatic rings. The Morgan fingerprint density at radius 1 is 0.618 bits per heavy atom. The largest absolute Gasteiger partial charge is 0.454 e. The van der Waals surface area contributed by atoms with Crippen molar-refractivity contribution >= 4 is 5.78 Å². The van der Waals surface area contributed by atoms with E-state index in [1.165, 1.54) is 0 Å². The molecule has 3 rings (SSSR count). The summed E-state index contributed by atoms with van der Waals surface area (Å²) in [5.41, 5.74) is -13.2. The summed E-state index contributed by atoms with van der Waals surface area (Å²) in [5.74, 6) is -2.50. The maximum Gasteiger partial charge on any atom is 0.454 e. The number of nitrogens with zero attached hydrogens (tertiary/aromatic N) is 2. The van der Waals surface area contributed by atoms with Gasteiger partial charge in [-0.2, -0.15) is 52.7 Å². The minimum atomic E-state index is -6.15. The van der Waals surface area contributed by atoms with E-state index in [-0.39, 0.29) is 36.4 Å². The number of halogens is 12. The monoisotopic (exact) mass is 508 g/mol. The SMILES string of the molecule is O=C(c1ccc(C(c2ccc(C3(C(F)(F)F)N=N3)cc2)(C(F)(F)F)C(F)(F)F)cc1)C(F)(F)F. The van der Waals surface area contributed by atoms with Crippen molar-refractivity contribution in [3.63, 3.8) is 0 Å². The lowest BCUT2D eigenvalue weighted by molar-refractivity contribution is -0.288. The van der Waals surface area contributed by atoms with Crippen molar-refractivity contribution in [1.29, 1.82) is 0 Å². The van der Waals surface area contributed by atoms with E-state index in [2.05, 4.69) is 10.2 Å². The number of carbonyl (C=O) groups is 1. The third-order valence-electron chi connectivity index (χ3n) is 5.10. The molecule has 34 heavy (non-hydrogen) atoms. The Kier molecular flexibility index (Phi) is 5.57. The zero-order chi connectivity index (χ0) is 26.0. The van der Waals surface area contributed by atoms with Gasteiger partial charge in [0, 0.05) is 11.1 Å². The molecule has 0 bridgehead atoms. The second-order valence-corrected chi connectivity index (χ2v) is 7.10. The Balaban J connectivity index is 2.19. The number of carbonyl (C=O) groups excluding carboxylic acids is 1. The van der Waals surface area contributed by atoms with Gasteiger partial charge >= 0.3 is 30.4 Å². The Morgan fingerprint density at radius 3 is 1.29 bits per heavy atom. The number of rotatable bonds is 4. The molecule has 0 atom stereocenters. The highest BCUT2D eigenvalue weighted by Gasteiger charge is 2.73. The third-order valence-corrected chi connectivity index (χ3v) is 5.10. The lowest BCUT2D eigenvalue weighted by atomic mass is 9.72. The molecular formula is C19H8F12N2O. The Bertz CT molecular complexity index is 1090. The van der Waals surface area contributed by atoms with Crippen LogP contribution in [-0.4, -0.2) is 30.5 Å². The van der Waals surface area contributed by atoms with Crippen molar-refractivity contribution in [3.8, 4) is 0 Å². The van der Waals surface area contributed by atoms with Crippen LogP contribution < -0.4 is 0 Å². The molecule has 0 fully saturated rings. The Hall–Kier alpha value is -3.13. The zero-order valence-electron chi connectivity index (χ0n) is 16.0. The van der Waals surface area contributed by atoms with Crippen molar-refractivity contribution in [3.05, 3.63) is 70.8 Å². The Morgan fingerprint density at radius 2 is 1.00 bits per heavy atom. The molecule has 0 saturated carbocycles. The average Bonchev–Trinajstić information content (AvgIpc) is 3.48. The first-order chi connectivity index (χ1) is 15.3. The van der Waals surface area contributed by atoms with E-state index in [0.717, 1.165) is 0 Å². The van der Waals surface area contributed by atoms with Gasteiger partial charge in [-0.1, -0.05) is 48.5 Å². The topological polar surface area (TPSA) is 41.8 Å². The maximum atomic E-state index is 14.0. The van der Waals surface area contributed by atoms with Crippen molar-refractivity contribution in [1.82, 2.24) is 0 Å². The highest BCUT2D eigenvalue weighted by molar-refractivity contribution is 6.00. The van der Waals surface area contributed by atoms with Gasteiger partial charge in [0.1, 0.15) is 0 Å². The summed E-state index contributed by atoms with van der Waals surface area (Å²) >= 11 is 0. The van der Waals surface area contributed by atoms with E-state index in [1.807, 2.05) is 0 Å². The van der Waals surface area contributed by atoms with Gasteiger partial charge in [0.05, 0.1) is 0 Å². The summed E-state index contributed by atoms with van der Waals surface area (Å²) in [4.78, 5) is 11.2. The predicted molar refractivity (Wildman–Crippen MR) is 88.7 cm³/mol. The molecule has 3 nitrogen and oxygen atoms in total. The van der Waals surface area contributed by atoms with Gasteiger partial charge in [-0.15, -0.1) is 10.2 Å². The molecule has 1 aliphatic rings. The van der Waals surface area contributed by atoms with E-state index in [4.69, 9.17) is 0 Å². The minimum Gasteiger partial charge on any atom is -0.284 e. The summed E-state index contributed by atoms with van der Waals surface area (Å²) < 4.78 is 161. The number of hydrogen-bond acceptors (Lipinski definition) is 3. The van der Waals surface area contributed by atoms with Crippen LogP contribution in [0.5, 0.6) is 0 Å². The molecule has 1 aliphatic heterocycles. The van der Waals surface area contributed by atoms with Crippen LogP contribution in [0.3, 0.4) is 0 Å². The van der Waals surface area contributed by atoms with Crippen molar-refractivity contribution in [2.75, 3.05) is 0 Å². The average molecular weight is 508 g/mol. The quantitative estimate of drug-likeness (QED) is 0.323. The molecule has 0 radical (unpaired) electrons.